The zero-order valence-electron chi connectivity index (χ0n) is 12.2. The van der Waals surface area contributed by atoms with Crippen LogP contribution in [0.2, 0.25) is 0 Å². The van der Waals surface area contributed by atoms with Gasteiger partial charge in [0.15, 0.2) is 0 Å². The van der Waals surface area contributed by atoms with E-state index < -0.39 is 0 Å². The molecule has 7 heteroatoms. The molecule has 22 heavy (non-hydrogen) atoms. The molecule has 1 amide bonds. The summed E-state index contributed by atoms with van der Waals surface area (Å²) in [6.07, 6.45) is 2.28. The first kappa shape index (κ1) is 14.4. The van der Waals surface area contributed by atoms with Crippen molar-refractivity contribution in [2.45, 2.75) is 20.3 Å². The van der Waals surface area contributed by atoms with Gasteiger partial charge in [-0.25, -0.2) is 0 Å². The van der Waals surface area contributed by atoms with Gasteiger partial charge >= 0.3 is 0 Å². The van der Waals surface area contributed by atoms with Crippen molar-refractivity contribution in [3.05, 3.63) is 46.9 Å². The molecule has 0 aliphatic rings. The van der Waals surface area contributed by atoms with Gasteiger partial charge in [-0.15, -0.1) is 21.5 Å². The van der Waals surface area contributed by atoms with Gasteiger partial charge < -0.3 is 9.73 Å². The number of carbonyl (C=O) groups excluding carboxylic acids is 1. The van der Waals surface area contributed by atoms with E-state index in [4.69, 9.17) is 4.42 Å². The summed E-state index contributed by atoms with van der Waals surface area (Å²) in [4.78, 5) is 18.0. The minimum atomic E-state index is -0.243. The third-order valence-electron chi connectivity index (χ3n) is 3.04. The second-order valence-electron chi connectivity index (χ2n) is 4.60. The predicted octanol–water partition coefficient (Wildman–Crippen LogP) is 3.32. The third-order valence-corrected chi connectivity index (χ3v) is 4.08. The van der Waals surface area contributed by atoms with Crippen LogP contribution in [0.15, 0.2) is 34.9 Å². The standard InChI is InChI=1S/C15H14N4O2S/c1-3-13-18-19-15(21-13)12-8-11(9(2)22-12)17-14(20)10-6-4-5-7-16-10/h4-8H,3H2,1-2H3,(H,17,20). The molecule has 3 rings (SSSR count). The predicted molar refractivity (Wildman–Crippen MR) is 83.9 cm³/mol. The topological polar surface area (TPSA) is 80.9 Å². The van der Waals surface area contributed by atoms with Gasteiger partial charge in [-0.2, -0.15) is 0 Å². The van der Waals surface area contributed by atoms with E-state index in [-0.39, 0.29) is 5.91 Å². The van der Waals surface area contributed by atoms with Crippen LogP contribution in [0, 0.1) is 6.92 Å². The number of pyridine rings is 1. The molecular weight excluding hydrogens is 300 g/mol. The van der Waals surface area contributed by atoms with Gasteiger partial charge in [-0.1, -0.05) is 13.0 Å². The molecular formula is C15H14N4O2S. The van der Waals surface area contributed by atoms with E-state index in [0.29, 0.717) is 23.9 Å². The van der Waals surface area contributed by atoms with Crippen molar-refractivity contribution in [1.82, 2.24) is 15.2 Å². The number of nitrogens with zero attached hydrogens (tertiary/aromatic N) is 3. The maximum atomic E-state index is 12.1. The number of hydrogen-bond acceptors (Lipinski definition) is 6. The summed E-state index contributed by atoms with van der Waals surface area (Å²) in [6, 6.07) is 7.06. The molecule has 0 aliphatic carbocycles. The quantitative estimate of drug-likeness (QED) is 0.799. The van der Waals surface area contributed by atoms with Gasteiger partial charge in [0.2, 0.25) is 5.89 Å². The van der Waals surface area contributed by atoms with Crippen molar-refractivity contribution < 1.29 is 9.21 Å². The maximum absolute atomic E-state index is 12.1. The Morgan fingerprint density at radius 2 is 2.23 bits per heavy atom. The zero-order valence-corrected chi connectivity index (χ0v) is 13.0. The lowest BCUT2D eigenvalue weighted by Crippen LogP contribution is -2.13. The molecule has 0 atom stereocenters. The van der Waals surface area contributed by atoms with Crippen LogP contribution in [-0.2, 0) is 6.42 Å². The highest BCUT2D eigenvalue weighted by atomic mass is 32.1. The first-order chi connectivity index (χ1) is 10.7. The summed E-state index contributed by atoms with van der Waals surface area (Å²) in [6.45, 7) is 3.88. The highest BCUT2D eigenvalue weighted by molar-refractivity contribution is 7.15. The van der Waals surface area contributed by atoms with Crippen molar-refractivity contribution in [2.24, 2.45) is 0 Å². The van der Waals surface area contributed by atoms with E-state index >= 15 is 0 Å². The molecule has 0 saturated carbocycles. The molecule has 3 heterocycles. The van der Waals surface area contributed by atoms with Crippen LogP contribution >= 0.6 is 11.3 Å². The van der Waals surface area contributed by atoms with Crippen molar-refractivity contribution >= 4 is 22.9 Å². The maximum Gasteiger partial charge on any atom is 0.274 e. The summed E-state index contributed by atoms with van der Waals surface area (Å²) < 4.78 is 5.54. The molecule has 1 N–H and O–H groups in total. The van der Waals surface area contributed by atoms with Gasteiger partial charge in [0, 0.05) is 17.5 Å². The van der Waals surface area contributed by atoms with Gasteiger partial charge in [-0.05, 0) is 25.1 Å². The Morgan fingerprint density at radius 1 is 1.36 bits per heavy atom. The summed E-state index contributed by atoms with van der Waals surface area (Å²) in [5.74, 6) is 0.830. The summed E-state index contributed by atoms with van der Waals surface area (Å²) in [5, 5.41) is 10.8. The Bertz CT molecular complexity index is 795. The SMILES string of the molecule is CCc1nnc(-c2cc(NC(=O)c3ccccn3)c(C)s2)o1. The minimum Gasteiger partial charge on any atom is -0.420 e. The highest BCUT2D eigenvalue weighted by Crippen LogP contribution is 2.33. The third kappa shape index (κ3) is 2.89. The monoisotopic (exact) mass is 314 g/mol. The van der Waals surface area contributed by atoms with Crippen LogP contribution in [0.3, 0.4) is 0 Å². The number of carbonyl (C=O) groups is 1. The number of aryl methyl sites for hydroxylation is 2. The number of thiophene rings is 1. The lowest BCUT2D eigenvalue weighted by Gasteiger charge is -2.02. The second kappa shape index (κ2) is 6.07. The lowest BCUT2D eigenvalue weighted by molar-refractivity contribution is 0.102. The molecule has 0 radical (unpaired) electrons. The number of aromatic nitrogens is 3. The Balaban J connectivity index is 1.82. The normalized spacial score (nSPS) is 10.6. The molecule has 0 aromatic carbocycles. The average Bonchev–Trinajstić information content (AvgIpc) is 3.15. The van der Waals surface area contributed by atoms with Crippen LogP contribution in [0.1, 0.15) is 28.2 Å². The van der Waals surface area contributed by atoms with Crippen LogP contribution in [0.5, 0.6) is 0 Å². The molecule has 0 unspecified atom stereocenters. The van der Waals surface area contributed by atoms with Gasteiger partial charge in [0.05, 0.1) is 10.6 Å². The van der Waals surface area contributed by atoms with Crippen molar-refractivity contribution in [2.75, 3.05) is 5.32 Å². The summed E-state index contributed by atoms with van der Waals surface area (Å²) >= 11 is 1.50. The van der Waals surface area contributed by atoms with Crippen molar-refractivity contribution in [3.8, 4) is 10.8 Å². The fraction of sp³-hybridized carbons (Fsp3) is 0.200. The fourth-order valence-corrected chi connectivity index (χ4v) is 2.79. The van der Waals surface area contributed by atoms with E-state index in [1.165, 1.54) is 11.3 Å². The molecule has 3 aromatic heterocycles. The summed E-state index contributed by atoms with van der Waals surface area (Å²) in [5.41, 5.74) is 1.10. The number of nitrogens with one attached hydrogen (secondary N) is 1. The Morgan fingerprint density at radius 3 is 2.91 bits per heavy atom. The van der Waals surface area contributed by atoms with Crippen molar-refractivity contribution in [3.63, 3.8) is 0 Å². The number of rotatable bonds is 4. The Labute approximate surface area is 131 Å². The van der Waals surface area contributed by atoms with E-state index in [1.807, 2.05) is 19.9 Å². The van der Waals surface area contributed by atoms with Gasteiger partial charge in [0.25, 0.3) is 11.8 Å². The number of amides is 1. The molecule has 0 aliphatic heterocycles. The Hall–Kier alpha value is -2.54. The van der Waals surface area contributed by atoms with E-state index in [2.05, 4.69) is 20.5 Å². The first-order valence-electron chi connectivity index (χ1n) is 6.83. The molecule has 0 saturated heterocycles. The molecule has 0 fully saturated rings. The van der Waals surface area contributed by atoms with Crippen molar-refractivity contribution in [1.29, 1.82) is 0 Å². The van der Waals surface area contributed by atoms with E-state index in [1.54, 1.807) is 24.4 Å². The van der Waals surface area contributed by atoms with Crippen LogP contribution in [0.4, 0.5) is 5.69 Å². The molecule has 3 aromatic rings. The van der Waals surface area contributed by atoms with E-state index in [0.717, 1.165) is 15.4 Å². The zero-order chi connectivity index (χ0) is 15.5. The molecule has 112 valence electrons. The fourth-order valence-electron chi connectivity index (χ4n) is 1.89. The van der Waals surface area contributed by atoms with Gasteiger partial charge in [0.1, 0.15) is 5.69 Å². The van der Waals surface area contributed by atoms with E-state index in [9.17, 15) is 4.79 Å². The molecule has 0 spiro atoms. The minimum absolute atomic E-state index is 0.243. The van der Waals surface area contributed by atoms with Crippen LogP contribution < -0.4 is 5.32 Å². The van der Waals surface area contributed by atoms with Gasteiger partial charge in [-0.3, -0.25) is 9.78 Å². The number of hydrogen-bond donors (Lipinski definition) is 1. The van der Waals surface area contributed by atoms with Crippen LogP contribution in [0.25, 0.3) is 10.8 Å². The lowest BCUT2D eigenvalue weighted by atomic mass is 10.3. The first-order valence-corrected chi connectivity index (χ1v) is 7.64. The largest absolute Gasteiger partial charge is 0.420 e. The molecule has 6 nitrogen and oxygen atoms in total. The second-order valence-corrected chi connectivity index (χ2v) is 5.86. The molecule has 0 bridgehead atoms. The highest BCUT2D eigenvalue weighted by Gasteiger charge is 2.15. The summed E-state index contributed by atoms with van der Waals surface area (Å²) in [7, 11) is 0. The van der Waals surface area contributed by atoms with Crippen LogP contribution in [-0.4, -0.2) is 21.1 Å². The smallest absolute Gasteiger partial charge is 0.274 e. The number of anilines is 1. The Kier molecular flexibility index (Phi) is 3.97. The average molecular weight is 314 g/mol.